The predicted octanol–water partition coefficient (Wildman–Crippen LogP) is 3.72. The van der Waals surface area contributed by atoms with Crippen LogP contribution in [0.15, 0.2) is 48.5 Å². The molecule has 0 bridgehead atoms. The van der Waals surface area contributed by atoms with Gasteiger partial charge in [-0.2, -0.15) is 0 Å². The third-order valence-corrected chi connectivity index (χ3v) is 4.36. The minimum absolute atomic E-state index is 0.588. The lowest BCUT2D eigenvalue weighted by Crippen LogP contribution is -2.00. The number of nitrogen functional groups attached to an aromatic ring is 1. The SMILES string of the molecule is Cc1nc2ccc3c(-c4ccccc4)nnc4c(N)cc(n1)c2c34. The Morgan fingerprint density at radius 1 is 0.833 bits per heavy atom. The van der Waals surface area contributed by atoms with E-state index in [4.69, 9.17) is 5.73 Å². The molecule has 5 rings (SSSR count). The Morgan fingerprint density at radius 2 is 1.62 bits per heavy atom. The van der Waals surface area contributed by atoms with Gasteiger partial charge in [-0.1, -0.05) is 30.3 Å². The van der Waals surface area contributed by atoms with Gasteiger partial charge in [-0.15, -0.1) is 10.2 Å². The van der Waals surface area contributed by atoms with Crippen molar-refractivity contribution in [2.75, 3.05) is 5.73 Å². The molecule has 0 spiro atoms. The van der Waals surface area contributed by atoms with Gasteiger partial charge in [-0.05, 0) is 25.1 Å². The van der Waals surface area contributed by atoms with Gasteiger partial charge in [0.25, 0.3) is 0 Å². The van der Waals surface area contributed by atoms with Crippen LogP contribution in [0, 0.1) is 6.92 Å². The van der Waals surface area contributed by atoms with Gasteiger partial charge in [0, 0.05) is 21.7 Å². The molecule has 0 atom stereocenters. The second-order valence-electron chi connectivity index (χ2n) is 5.90. The molecule has 0 fully saturated rings. The van der Waals surface area contributed by atoms with Gasteiger partial charge in [-0.3, -0.25) is 0 Å². The van der Waals surface area contributed by atoms with Gasteiger partial charge in [0.1, 0.15) is 17.0 Å². The molecule has 3 aromatic carbocycles. The van der Waals surface area contributed by atoms with Gasteiger partial charge >= 0.3 is 0 Å². The van der Waals surface area contributed by atoms with Crippen LogP contribution in [0.5, 0.6) is 0 Å². The van der Waals surface area contributed by atoms with Crippen LogP contribution in [-0.4, -0.2) is 20.2 Å². The maximum Gasteiger partial charge on any atom is 0.126 e. The van der Waals surface area contributed by atoms with Crippen LogP contribution < -0.4 is 5.73 Å². The van der Waals surface area contributed by atoms with E-state index in [0.717, 1.165) is 44.3 Å². The Morgan fingerprint density at radius 3 is 2.46 bits per heavy atom. The van der Waals surface area contributed by atoms with Gasteiger partial charge in [0.05, 0.1) is 16.7 Å². The minimum atomic E-state index is 0.588. The first kappa shape index (κ1) is 13.1. The fourth-order valence-electron chi connectivity index (χ4n) is 3.35. The number of nitrogens with zero attached hydrogens (tertiary/aromatic N) is 4. The average molecular weight is 311 g/mol. The van der Waals surface area contributed by atoms with Crippen molar-refractivity contribution in [3.63, 3.8) is 0 Å². The molecule has 0 aliphatic carbocycles. The first-order valence-electron chi connectivity index (χ1n) is 7.73. The van der Waals surface area contributed by atoms with Crippen molar-refractivity contribution < 1.29 is 0 Å². The number of hydrogen-bond acceptors (Lipinski definition) is 5. The Balaban J connectivity index is 2.03. The molecule has 5 aromatic rings. The van der Waals surface area contributed by atoms with Crippen LogP contribution in [0.4, 0.5) is 5.69 Å². The lowest BCUT2D eigenvalue weighted by atomic mass is 9.98. The Hall–Kier alpha value is -3.34. The highest BCUT2D eigenvalue weighted by atomic mass is 15.1. The molecule has 0 aliphatic heterocycles. The zero-order valence-electron chi connectivity index (χ0n) is 13.0. The third-order valence-electron chi connectivity index (χ3n) is 4.36. The summed E-state index contributed by atoms with van der Waals surface area (Å²) in [5.41, 5.74) is 11.1. The predicted molar refractivity (Wildman–Crippen MR) is 95.9 cm³/mol. The van der Waals surface area contributed by atoms with E-state index in [1.165, 1.54) is 0 Å². The second-order valence-corrected chi connectivity index (χ2v) is 5.90. The van der Waals surface area contributed by atoms with Crippen LogP contribution in [0.3, 0.4) is 0 Å². The fraction of sp³-hybridized carbons (Fsp3) is 0.0526. The fourth-order valence-corrected chi connectivity index (χ4v) is 3.35. The number of benzene rings is 3. The molecule has 5 heteroatoms. The van der Waals surface area contributed by atoms with Gasteiger partial charge < -0.3 is 5.73 Å². The lowest BCUT2D eigenvalue weighted by Gasteiger charge is -2.13. The van der Waals surface area contributed by atoms with Crippen molar-refractivity contribution in [3.05, 3.63) is 54.4 Å². The summed E-state index contributed by atoms with van der Waals surface area (Å²) in [6.45, 7) is 1.89. The highest BCUT2D eigenvalue weighted by Crippen LogP contribution is 2.38. The molecule has 24 heavy (non-hydrogen) atoms. The van der Waals surface area contributed by atoms with E-state index in [9.17, 15) is 0 Å². The summed E-state index contributed by atoms with van der Waals surface area (Å²) in [5.74, 6) is 0.731. The van der Waals surface area contributed by atoms with Crippen molar-refractivity contribution in [1.82, 2.24) is 20.2 Å². The quantitative estimate of drug-likeness (QED) is 0.377. The first-order valence-corrected chi connectivity index (χ1v) is 7.73. The second kappa shape index (κ2) is 4.58. The minimum Gasteiger partial charge on any atom is -0.397 e. The standard InChI is InChI=1S/C19H13N5/c1-10-21-14-8-7-12-16-17(14)15(22-10)9-13(20)19(16)24-23-18(12)11-5-3-2-4-6-11/h2-9H,20H2,1H3. The highest BCUT2D eigenvalue weighted by Gasteiger charge is 2.17. The van der Waals surface area contributed by atoms with E-state index in [-0.39, 0.29) is 0 Å². The van der Waals surface area contributed by atoms with E-state index in [1.54, 1.807) is 0 Å². The molecule has 2 heterocycles. The molecule has 0 saturated carbocycles. The summed E-state index contributed by atoms with van der Waals surface area (Å²) < 4.78 is 0. The maximum atomic E-state index is 6.22. The number of hydrogen-bond donors (Lipinski definition) is 1. The summed E-state index contributed by atoms with van der Waals surface area (Å²) in [6, 6.07) is 16.0. The smallest absolute Gasteiger partial charge is 0.126 e. The first-order chi connectivity index (χ1) is 11.7. The number of rotatable bonds is 1. The van der Waals surface area contributed by atoms with E-state index < -0.39 is 0 Å². The van der Waals surface area contributed by atoms with E-state index in [0.29, 0.717) is 11.2 Å². The molecular weight excluding hydrogens is 298 g/mol. The number of aromatic nitrogens is 4. The van der Waals surface area contributed by atoms with Crippen molar-refractivity contribution >= 4 is 38.4 Å². The van der Waals surface area contributed by atoms with Crippen LogP contribution >= 0.6 is 0 Å². The topological polar surface area (TPSA) is 77.6 Å². The molecule has 0 radical (unpaired) electrons. The Kier molecular flexibility index (Phi) is 2.51. The number of nitrogens with two attached hydrogens (primary N) is 1. The average Bonchev–Trinajstić information content (AvgIpc) is 2.60. The van der Waals surface area contributed by atoms with Crippen LogP contribution in [-0.2, 0) is 0 Å². The number of anilines is 1. The lowest BCUT2D eigenvalue weighted by molar-refractivity contribution is 1.09. The van der Waals surface area contributed by atoms with Crippen LogP contribution in [0.1, 0.15) is 5.82 Å². The summed E-state index contributed by atoms with van der Waals surface area (Å²) >= 11 is 0. The normalized spacial score (nSPS) is 11.7. The van der Waals surface area contributed by atoms with E-state index in [1.807, 2.05) is 55.5 Å². The van der Waals surface area contributed by atoms with Crippen LogP contribution in [0.25, 0.3) is 44.0 Å². The zero-order chi connectivity index (χ0) is 16.3. The molecule has 2 N–H and O–H groups in total. The van der Waals surface area contributed by atoms with Gasteiger partial charge in [-0.25, -0.2) is 9.97 Å². The summed E-state index contributed by atoms with van der Waals surface area (Å²) in [5, 5.41) is 11.8. The number of aryl methyl sites for hydroxylation is 1. The van der Waals surface area contributed by atoms with Gasteiger partial charge in [0.15, 0.2) is 0 Å². The van der Waals surface area contributed by atoms with E-state index in [2.05, 4.69) is 20.2 Å². The monoisotopic (exact) mass is 311 g/mol. The van der Waals surface area contributed by atoms with Crippen molar-refractivity contribution in [2.24, 2.45) is 0 Å². The molecule has 0 amide bonds. The largest absolute Gasteiger partial charge is 0.397 e. The van der Waals surface area contributed by atoms with Gasteiger partial charge in [0.2, 0.25) is 0 Å². The van der Waals surface area contributed by atoms with Crippen LogP contribution in [0.2, 0.25) is 0 Å². The maximum absolute atomic E-state index is 6.22. The zero-order valence-corrected chi connectivity index (χ0v) is 13.0. The highest BCUT2D eigenvalue weighted by molar-refractivity contribution is 6.24. The Bertz CT molecular complexity index is 1210. The summed E-state index contributed by atoms with van der Waals surface area (Å²) in [7, 11) is 0. The third kappa shape index (κ3) is 1.69. The molecule has 114 valence electrons. The molecule has 0 unspecified atom stereocenters. The van der Waals surface area contributed by atoms with E-state index >= 15 is 0 Å². The van der Waals surface area contributed by atoms with Crippen molar-refractivity contribution in [3.8, 4) is 11.3 Å². The molecule has 0 aliphatic rings. The summed E-state index contributed by atoms with van der Waals surface area (Å²) in [6.07, 6.45) is 0. The summed E-state index contributed by atoms with van der Waals surface area (Å²) in [4.78, 5) is 9.11. The molecule has 2 aromatic heterocycles. The molecule has 5 nitrogen and oxygen atoms in total. The van der Waals surface area contributed by atoms with Crippen molar-refractivity contribution in [2.45, 2.75) is 6.92 Å². The van der Waals surface area contributed by atoms with Crippen molar-refractivity contribution in [1.29, 1.82) is 0 Å². The molecule has 0 saturated heterocycles. The Labute approximate surface area is 137 Å². The molecular formula is C19H13N5.